The quantitative estimate of drug-likeness (QED) is 0.761. The summed E-state index contributed by atoms with van der Waals surface area (Å²) in [6.07, 6.45) is 8.00. The molecule has 0 radical (unpaired) electrons. The Morgan fingerprint density at radius 3 is 2.24 bits per heavy atom. The van der Waals surface area contributed by atoms with E-state index in [0.717, 1.165) is 23.0 Å². The number of hydrogen-bond acceptors (Lipinski definition) is 3. The van der Waals surface area contributed by atoms with Crippen molar-refractivity contribution >= 4 is 0 Å². The van der Waals surface area contributed by atoms with Crippen molar-refractivity contribution in [1.82, 2.24) is 0 Å². The maximum absolute atomic E-state index is 5.45. The van der Waals surface area contributed by atoms with Gasteiger partial charge in [-0.05, 0) is 23.6 Å². The monoisotopic (exact) mass is 235 g/mol. The molecule has 1 aromatic rings. The van der Waals surface area contributed by atoms with Gasteiger partial charge in [-0.2, -0.15) is 0 Å². The van der Waals surface area contributed by atoms with Crippen LogP contribution in [-0.2, 0) is 6.54 Å². The van der Waals surface area contributed by atoms with Crippen LogP contribution in [-0.4, -0.2) is 6.79 Å². The molecule has 0 atom stereocenters. The summed E-state index contributed by atoms with van der Waals surface area (Å²) in [7, 11) is 0. The zero-order valence-electron chi connectivity index (χ0n) is 10.8. The third kappa shape index (κ3) is 5.84. The summed E-state index contributed by atoms with van der Waals surface area (Å²) >= 11 is 0. The summed E-state index contributed by atoms with van der Waals surface area (Å²) < 4.78 is 10.3. The zero-order chi connectivity index (χ0) is 13.3. The smallest absolute Gasteiger partial charge is 0.231 e. The van der Waals surface area contributed by atoms with Crippen molar-refractivity contribution in [1.29, 1.82) is 0 Å². The molecule has 1 aliphatic heterocycles. The Hall–Kier alpha value is -1.66. The number of hydrogen-bond donors (Lipinski definition) is 1. The van der Waals surface area contributed by atoms with E-state index in [1.807, 2.05) is 18.2 Å². The van der Waals surface area contributed by atoms with Gasteiger partial charge in [-0.1, -0.05) is 26.8 Å². The van der Waals surface area contributed by atoms with Crippen molar-refractivity contribution in [2.75, 3.05) is 6.79 Å². The second kappa shape index (κ2) is 8.49. The zero-order valence-corrected chi connectivity index (χ0v) is 10.8. The van der Waals surface area contributed by atoms with Gasteiger partial charge < -0.3 is 15.2 Å². The average Bonchev–Trinajstić information content (AvgIpc) is 2.77. The van der Waals surface area contributed by atoms with Crippen molar-refractivity contribution in [3.05, 3.63) is 23.8 Å². The molecule has 2 rings (SSSR count). The molecule has 1 aliphatic rings. The van der Waals surface area contributed by atoms with Gasteiger partial charge in [0, 0.05) is 6.54 Å². The van der Waals surface area contributed by atoms with E-state index >= 15 is 0 Å². The number of rotatable bonds is 1. The first-order valence-electron chi connectivity index (χ1n) is 5.55. The summed E-state index contributed by atoms with van der Waals surface area (Å²) in [4.78, 5) is 0. The highest BCUT2D eigenvalue weighted by Gasteiger charge is 2.11. The molecule has 0 aromatic heterocycles. The Bertz CT molecular complexity index is 343. The third-order valence-electron chi connectivity index (χ3n) is 1.67. The largest absolute Gasteiger partial charge is 0.454 e. The van der Waals surface area contributed by atoms with Gasteiger partial charge in [0.15, 0.2) is 11.5 Å². The lowest BCUT2D eigenvalue weighted by molar-refractivity contribution is 0.174. The lowest BCUT2D eigenvalue weighted by Gasteiger charge is -1.97. The predicted molar refractivity (Wildman–Crippen MR) is 70.9 cm³/mol. The number of benzene rings is 1. The lowest BCUT2D eigenvalue weighted by Crippen LogP contribution is -1.95. The minimum absolute atomic E-state index is 0.323. The summed E-state index contributed by atoms with van der Waals surface area (Å²) in [6.45, 7) is 7.36. The standard InChI is InChI=1S/C8H9NO2.C4H10.C2H2/c9-4-6-1-2-7-8(3-6)11-5-10-7;1-4(2)3;1-2/h1-3H,4-5,9H2;4H,1-3H3;1-2H. The van der Waals surface area contributed by atoms with Gasteiger partial charge in [-0.25, -0.2) is 0 Å². The SMILES string of the molecule is C#C.CC(C)C.NCc1ccc2c(c1)OCO2. The lowest BCUT2D eigenvalue weighted by atomic mass is 10.2. The number of ether oxygens (including phenoxy) is 2. The Balaban J connectivity index is 0.000000368. The molecule has 0 fully saturated rings. The molecule has 1 aromatic carbocycles. The van der Waals surface area contributed by atoms with E-state index in [1.54, 1.807) is 0 Å². The molecular weight excluding hydrogens is 214 g/mol. The molecule has 0 bridgehead atoms. The maximum Gasteiger partial charge on any atom is 0.231 e. The van der Waals surface area contributed by atoms with Crippen molar-refractivity contribution < 1.29 is 9.47 Å². The molecule has 3 nitrogen and oxygen atoms in total. The van der Waals surface area contributed by atoms with E-state index in [-0.39, 0.29) is 0 Å². The maximum atomic E-state index is 5.45. The molecule has 17 heavy (non-hydrogen) atoms. The van der Waals surface area contributed by atoms with Crippen LogP contribution in [0.2, 0.25) is 0 Å². The van der Waals surface area contributed by atoms with Gasteiger partial charge in [0.25, 0.3) is 0 Å². The van der Waals surface area contributed by atoms with Crippen LogP contribution in [0.3, 0.4) is 0 Å². The third-order valence-corrected chi connectivity index (χ3v) is 1.67. The van der Waals surface area contributed by atoms with Crippen LogP contribution >= 0.6 is 0 Å². The van der Waals surface area contributed by atoms with Gasteiger partial charge in [-0.3, -0.25) is 0 Å². The van der Waals surface area contributed by atoms with Crippen LogP contribution in [0.1, 0.15) is 26.3 Å². The van der Waals surface area contributed by atoms with Crippen LogP contribution in [0.25, 0.3) is 0 Å². The van der Waals surface area contributed by atoms with Crippen LogP contribution in [0.15, 0.2) is 18.2 Å². The minimum Gasteiger partial charge on any atom is -0.454 e. The Morgan fingerprint density at radius 2 is 1.71 bits per heavy atom. The second-order valence-corrected chi connectivity index (χ2v) is 4.12. The molecule has 3 heteroatoms. The average molecular weight is 235 g/mol. The molecule has 0 saturated carbocycles. The van der Waals surface area contributed by atoms with Gasteiger partial charge in [0.1, 0.15) is 0 Å². The molecule has 1 heterocycles. The molecule has 2 N–H and O–H groups in total. The molecule has 94 valence electrons. The van der Waals surface area contributed by atoms with Gasteiger partial charge in [0.05, 0.1) is 0 Å². The topological polar surface area (TPSA) is 44.5 Å². The van der Waals surface area contributed by atoms with E-state index in [4.69, 9.17) is 15.2 Å². The fraction of sp³-hybridized carbons (Fsp3) is 0.429. The molecule has 0 saturated heterocycles. The first kappa shape index (κ1) is 15.3. The van der Waals surface area contributed by atoms with Crippen molar-refractivity contribution in [2.24, 2.45) is 11.7 Å². The van der Waals surface area contributed by atoms with E-state index in [9.17, 15) is 0 Å². The molecule has 0 amide bonds. The Kier molecular flexibility index (Phi) is 7.66. The van der Waals surface area contributed by atoms with Gasteiger partial charge >= 0.3 is 0 Å². The van der Waals surface area contributed by atoms with E-state index < -0.39 is 0 Å². The first-order valence-corrected chi connectivity index (χ1v) is 5.55. The number of nitrogens with two attached hydrogens (primary N) is 1. The molecule has 0 spiro atoms. The van der Waals surface area contributed by atoms with Crippen LogP contribution in [0.4, 0.5) is 0 Å². The second-order valence-electron chi connectivity index (χ2n) is 4.12. The van der Waals surface area contributed by atoms with Crippen LogP contribution in [0, 0.1) is 18.8 Å². The highest BCUT2D eigenvalue weighted by Crippen LogP contribution is 2.32. The fourth-order valence-corrected chi connectivity index (χ4v) is 1.07. The van der Waals surface area contributed by atoms with Gasteiger partial charge in [-0.15, -0.1) is 12.8 Å². The van der Waals surface area contributed by atoms with E-state index in [0.29, 0.717) is 13.3 Å². The highest BCUT2D eigenvalue weighted by atomic mass is 16.7. The van der Waals surface area contributed by atoms with Crippen LogP contribution in [0.5, 0.6) is 11.5 Å². The summed E-state index contributed by atoms with van der Waals surface area (Å²) in [5, 5.41) is 0. The van der Waals surface area contributed by atoms with Gasteiger partial charge in [0.2, 0.25) is 6.79 Å². The van der Waals surface area contributed by atoms with E-state index in [1.165, 1.54) is 0 Å². The van der Waals surface area contributed by atoms with Crippen LogP contribution < -0.4 is 15.2 Å². The normalized spacial score (nSPS) is 11.0. The summed E-state index contributed by atoms with van der Waals surface area (Å²) in [6, 6.07) is 5.72. The minimum atomic E-state index is 0.323. The predicted octanol–water partition coefficient (Wildman–Crippen LogP) is 2.79. The summed E-state index contributed by atoms with van der Waals surface area (Å²) in [5.74, 6) is 2.44. The first-order chi connectivity index (χ1) is 8.13. The van der Waals surface area contributed by atoms with E-state index in [2.05, 4.69) is 33.6 Å². The fourth-order valence-electron chi connectivity index (χ4n) is 1.07. The highest BCUT2D eigenvalue weighted by molar-refractivity contribution is 5.44. The summed E-state index contributed by atoms with van der Waals surface area (Å²) in [5.41, 5.74) is 6.51. The number of terminal acetylenes is 1. The number of fused-ring (bicyclic) bond motifs is 1. The molecule has 0 unspecified atom stereocenters. The molecular formula is C14H21NO2. The Morgan fingerprint density at radius 1 is 1.18 bits per heavy atom. The van der Waals surface area contributed by atoms with Crippen molar-refractivity contribution in [3.8, 4) is 24.3 Å². The molecule has 0 aliphatic carbocycles. The Labute approximate surface area is 104 Å². The van der Waals surface area contributed by atoms with Crippen molar-refractivity contribution in [3.63, 3.8) is 0 Å². The van der Waals surface area contributed by atoms with Crippen molar-refractivity contribution in [2.45, 2.75) is 27.3 Å².